The molecule has 0 bridgehead atoms. The Bertz CT molecular complexity index is 1410. The van der Waals surface area contributed by atoms with Gasteiger partial charge in [0, 0.05) is 13.6 Å². The number of methoxy groups -OCH3 is 1. The maximum atomic E-state index is 13.9. The molecule has 1 N–H and O–H groups in total. The van der Waals surface area contributed by atoms with Crippen LogP contribution < -0.4 is 14.4 Å². The zero-order valence-electron chi connectivity index (χ0n) is 22.1. The molecule has 1 atom stereocenters. The van der Waals surface area contributed by atoms with E-state index in [0.717, 1.165) is 15.4 Å². The second-order valence-corrected chi connectivity index (χ2v) is 11.5. The first-order chi connectivity index (χ1) is 18.5. The number of anilines is 1. The predicted molar refractivity (Wildman–Crippen MR) is 154 cm³/mol. The van der Waals surface area contributed by atoms with Gasteiger partial charge in [-0.15, -0.1) is 0 Å². The van der Waals surface area contributed by atoms with E-state index in [9.17, 15) is 18.0 Å². The normalized spacial score (nSPS) is 11.9. The molecule has 11 heteroatoms. The number of rotatable bonds is 11. The lowest BCUT2D eigenvalue weighted by atomic mass is 10.1. The van der Waals surface area contributed by atoms with Crippen LogP contribution in [0.1, 0.15) is 24.5 Å². The molecule has 2 amide bonds. The Morgan fingerprint density at radius 3 is 2.15 bits per heavy atom. The number of hydrogen-bond donors (Lipinski definition) is 1. The molecule has 0 aliphatic rings. The number of likely N-dealkylation sites (N-methyl/N-ethyl adjacent to an activating group) is 1. The molecular weight excluding hydrogens is 561 g/mol. The molecule has 0 heterocycles. The molecule has 39 heavy (non-hydrogen) atoms. The number of benzene rings is 3. The van der Waals surface area contributed by atoms with Gasteiger partial charge in [-0.05, 0) is 61.4 Å². The minimum atomic E-state index is -4.20. The van der Waals surface area contributed by atoms with Crippen molar-refractivity contribution in [1.82, 2.24) is 10.2 Å². The number of amides is 2. The van der Waals surface area contributed by atoms with E-state index >= 15 is 0 Å². The molecule has 0 spiro atoms. The fourth-order valence-corrected chi connectivity index (χ4v) is 5.72. The van der Waals surface area contributed by atoms with Crippen LogP contribution in [0.4, 0.5) is 5.69 Å². The Hall–Kier alpha value is -3.27. The molecule has 3 aromatic carbocycles. The van der Waals surface area contributed by atoms with Crippen molar-refractivity contribution in [1.29, 1.82) is 0 Å². The molecule has 0 saturated carbocycles. The van der Waals surface area contributed by atoms with Gasteiger partial charge < -0.3 is 15.0 Å². The van der Waals surface area contributed by atoms with Crippen molar-refractivity contribution in [2.24, 2.45) is 0 Å². The molecule has 0 aliphatic carbocycles. The zero-order chi connectivity index (χ0) is 28.7. The number of nitrogens with one attached hydrogen (secondary N) is 1. The fraction of sp³-hybridized carbons (Fsp3) is 0.286. The van der Waals surface area contributed by atoms with Gasteiger partial charge in [0.15, 0.2) is 0 Å². The van der Waals surface area contributed by atoms with E-state index in [2.05, 4.69) is 5.32 Å². The van der Waals surface area contributed by atoms with E-state index in [1.54, 1.807) is 50.4 Å². The first-order valence-corrected chi connectivity index (χ1v) is 14.4. The highest BCUT2D eigenvalue weighted by Crippen LogP contribution is 2.31. The molecule has 3 aromatic rings. The van der Waals surface area contributed by atoms with Crippen LogP contribution in [0.25, 0.3) is 0 Å². The van der Waals surface area contributed by atoms with Gasteiger partial charge in [0.2, 0.25) is 11.8 Å². The van der Waals surface area contributed by atoms with Gasteiger partial charge in [0.05, 0.1) is 27.7 Å². The van der Waals surface area contributed by atoms with Crippen LogP contribution in [0.2, 0.25) is 10.0 Å². The summed E-state index contributed by atoms with van der Waals surface area (Å²) >= 11 is 12.3. The van der Waals surface area contributed by atoms with Crippen molar-refractivity contribution in [2.45, 2.75) is 37.8 Å². The maximum absolute atomic E-state index is 13.9. The first-order valence-electron chi connectivity index (χ1n) is 12.2. The summed E-state index contributed by atoms with van der Waals surface area (Å²) < 4.78 is 33.9. The summed E-state index contributed by atoms with van der Waals surface area (Å²) in [5, 5.41) is 2.98. The fourth-order valence-electron chi connectivity index (χ4n) is 4.02. The lowest BCUT2D eigenvalue weighted by Gasteiger charge is -2.33. The Morgan fingerprint density at radius 1 is 0.974 bits per heavy atom. The van der Waals surface area contributed by atoms with Gasteiger partial charge in [0.1, 0.15) is 18.3 Å². The number of sulfonamides is 1. The van der Waals surface area contributed by atoms with Crippen LogP contribution in [0.3, 0.4) is 0 Å². The topological polar surface area (TPSA) is 96.0 Å². The summed E-state index contributed by atoms with van der Waals surface area (Å²) in [6, 6.07) is 16.9. The first kappa shape index (κ1) is 30.3. The van der Waals surface area contributed by atoms with Crippen LogP contribution in [0.15, 0.2) is 71.6 Å². The van der Waals surface area contributed by atoms with Gasteiger partial charge in [-0.25, -0.2) is 8.42 Å². The van der Waals surface area contributed by atoms with Gasteiger partial charge in [-0.2, -0.15) is 0 Å². The minimum Gasteiger partial charge on any atom is -0.497 e. The molecule has 0 aromatic heterocycles. The van der Waals surface area contributed by atoms with Crippen LogP contribution in [-0.2, 0) is 26.2 Å². The highest BCUT2D eigenvalue weighted by Gasteiger charge is 2.33. The van der Waals surface area contributed by atoms with Crippen molar-refractivity contribution >= 4 is 50.7 Å². The van der Waals surface area contributed by atoms with Crippen molar-refractivity contribution in [3.63, 3.8) is 0 Å². The SMILES string of the molecule is CC[C@@H](C(=O)NC)N(Cc1ccc(OC)cc1)C(=O)CN(c1ccc(Cl)c(Cl)c1)S(=O)(=O)c1ccc(C)cc1. The molecule has 3 rings (SSSR count). The number of carbonyl (C=O) groups excluding carboxylic acids is 2. The summed E-state index contributed by atoms with van der Waals surface area (Å²) in [4.78, 5) is 28.1. The lowest BCUT2D eigenvalue weighted by Crippen LogP contribution is -2.51. The Balaban J connectivity index is 2.07. The van der Waals surface area contributed by atoms with Crippen molar-refractivity contribution in [3.05, 3.63) is 87.9 Å². The number of carbonyl (C=O) groups is 2. The molecule has 0 unspecified atom stereocenters. The van der Waals surface area contributed by atoms with Crippen LogP contribution >= 0.6 is 23.2 Å². The average Bonchev–Trinajstić information content (AvgIpc) is 2.93. The quantitative estimate of drug-likeness (QED) is 0.336. The molecule has 0 aliphatic heterocycles. The van der Waals surface area contributed by atoms with Crippen molar-refractivity contribution < 1.29 is 22.7 Å². The van der Waals surface area contributed by atoms with E-state index < -0.39 is 28.5 Å². The molecular formula is C28H31Cl2N3O5S. The molecule has 208 valence electrons. The third-order valence-electron chi connectivity index (χ3n) is 6.22. The standard InChI is InChI=1S/C28H31Cl2N3O5S/c1-5-26(28(35)31-3)32(17-20-8-11-22(38-4)12-9-20)27(34)18-33(21-10-15-24(29)25(30)16-21)39(36,37)23-13-6-19(2)7-14-23/h6-16,26H,5,17-18H2,1-4H3,(H,31,35)/t26-/m0/s1. The Labute approximate surface area is 239 Å². The molecule has 0 radical (unpaired) electrons. The number of aryl methyl sites for hydroxylation is 1. The van der Waals surface area contributed by atoms with E-state index in [0.29, 0.717) is 12.2 Å². The third-order valence-corrected chi connectivity index (χ3v) is 8.75. The Kier molecular flexibility index (Phi) is 10.2. The number of halogens is 2. The van der Waals surface area contributed by atoms with Crippen molar-refractivity contribution in [3.8, 4) is 5.75 Å². The maximum Gasteiger partial charge on any atom is 0.264 e. The highest BCUT2D eigenvalue weighted by molar-refractivity contribution is 7.92. The predicted octanol–water partition coefficient (Wildman–Crippen LogP) is 5.06. The summed E-state index contributed by atoms with van der Waals surface area (Å²) in [7, 11) is -1.16. The summed E-state index contributed by atoms with van der Waals surface area (Å²) in [6.07, 6.45) is 0.319. The van der Waals surface area contributed by atoms with Gasteiger partial charge in [-0.1, -0.05) is 60.0 Å². The van der Waals surface area contributed by atoms with E-state index in [1.165, 1.54) is 42.3 Å². The van der Waals surface area contributed by atoms with Gasteiger partial charge >= 0.3 is 0 Å². The molecule has 8 nitrogen and oxygen atoms in total. The second kappa shape index (κ2) is 13.2. The largest absolute Gasteiger partial charge is 0.497 e. The smallest absolute Gasteiger partial charge is 0.264 e. The van der Waals surface area contributed by atoms with E-state index in [4.69, 9.17) is 27.9 Å². The number of nitrogens with zero attached hydrogens (tertiary/aromatic N) is 2. The zero-order valence-corrected chi connectivity index (χ0v) is 24.5. The third kappa shape index (κ3) is 7.23. The van der Waals surface area contributed by atoms with Crippen LogP contribution in [0, 0.1) is 6.92 Å². The van der Waals surface area contributed by atoms with Gasteiger partial charge in [0.25, 0.3) is 10.0 Å². The number of hydrogen-bond acceptors (Lipinski definition) is 5. The minimum absolute atomic E-state index is 0.00650. The van der Waals surface area contributed by atoms with E-state index in [1.807, 2.05) is 6.92 Å². The number of ether oxygens (including phenoxy) is 1. The van der Waals surface area contributed by atoms with Crippen LogP contribution in [0.5, 0.6) is 5.75 Å². The highest BCUT2D eigenvalue weighted by atomic mass is 35.5. The summed E-state index contributed by atoms with van der Waals surface area (Å²) in [6.45, 7) is 3.14. The van der Waals surface area contributed by atoms with Crippen LogP contribution in [-0.4, -0.2) is 51.9 Å². The summed E-state index contributed by atoms with van der Waals surface area (Å²) in [5.41, 5.74) is 1.79. The second-order valence-electron chi connectivity index (χ2n) is 8.83. The van der Waals surface area contributed by atoms with E-state index in [-0.39, 0.29) is 33.1 Å². The molecule has 0 fully saturated rings. The van der Waals surface area contributed by atoms with Crippen molar-refractivity contribution in [2.75, 3.05) is 25.0 Å². The summed E-state index contributed by atoms with van der Waals surface area (Å²) in [5.74, 6) is -0.283. The Morgan fingerprint density at radius 2 is 1.62 bits per heavy atom. The average molecular weight is 593 g/mol. The monoisotopic (exact) mass is 591 g/mol. The lowest BCUT2D eigenvalue weighted by molar-refractivity contribution is -0.140. The molecule has 0 saturated heterocycles. The van der Waals surface area contributed by atoms with Gasteiger partial charge in [-0.3, -0.25) is 13.9 Å².